The van der Waals surface area contributed by atoms with Crippen molar-refractivity contribution < 1.29 is 9.32 Å². The number of nitrogens with one attached hydrogen (secondary N) is 2. The summed E-state index contributed by atoms with van der Waals surface area (Å²) in [6.45, 7) is 6.25. The number of benzene rings is 1. The molecule has 0 aliphatic carbocycles. The number of carbonyl (C=O) groups excluding carboxylic acids is 1. The Balaban J connectivity index is 1.46. The molecule has 0 saturated heterocycles. The van der Waals surface area contributed by atoms with Crippen LogP contribution in [0.3, 0.4) is 0 Å². The van der Waals surface area contributed by atoms with Crippen molar-refractivity contribution in [2.24, 2.45) is 0 Å². The fourth-order valence-corrected chi connectivity index (χ4v) is 4.04. The van der Waals surface area contributed by atoms with E-state index in [1.807, 2.05) is 0 Å². The van der Waals surface area contributed by atoms with Gasteiger partial charge in [0.25, 0.3) is 5.91 Å². The molecule has 2 aromatic heterocycles. The first-order valence-electron chi connectivity index (χ1n) is 8.70. The molecule has 0 fully saturated rings. The topological polar surface area (TPSA) is 104 Å². The van der Waals surface area contributed by atoms with Crippen LogP contribution in [0.2, 0.25) is 0 Å². The molecule has 2 N–H and O–H groups in total. The minimum absolute atomic E-state index is 0.220. The summed E-state index contributed by atoms with van der Waals surface area (Å²) in [5.74, 6) is -0.508. The molecule has 1 aliphatic heterocycles. The van der Waals surface area contributed by atoms with Gasteiger partial charge in [-0.15, -0.1) is 11.3 Å². The highest BCUT2D eigenvalue weighted by Crippen LogP contribution is 2.29. The van der Waals surface area contributed by atoms with Crippen molar-refractivity contribution in [1.29, 1.82) is 0 Å². The normalized spacial score (nSPS) is 14.3. The van der Waals surface area contributed by atoms with E-state index in [9.17, 15) is 9.59 Å². The van der Waals surface area contributed by atoms with Crippen molar-refractivity contribution in [2.75, 3.05) is 11.9 Å². The van der Waals surface area contributed by atoms with E-state index in [-0.39, 0.29) is 5.91 Å². The lowest BCUT2D eigenvalue weighted by Gasteiger charge is -2.29. The molecule has 3 aromatic rings. The van der Waals surface area contributed by atoms with Crippen LogP contribution in [0.4, 0.5) is 5.13 Å². The summed E-state index contributed by atoms with van der Waals surface area (Å²) in [6.07, 6.45) is 0.907. The molecule has 140 valence electrons. The zero-order chi connectivity index (χ0) is 19.0. The smallest absolute Gasteiger partial charge is 0.298 e. The maximum absolute atomic E-state index is 12.5. The van der Waals surface area contributed by atoms with E-state index >= 15 is 0 Å². The van der Waals surface area contributed by atoms with Crippen LogP contribution in [-0.4, -0.2) is 38.5 Å². The highest BCUT2D eigenvalue weighted by Gasteiger charge is 2.23. The fraction of sp³-hybridized carbons (Fsp3) is 0.333. The maximum atomic E-state index is 12.5. The summed E-state index contributed by atoms with van der Waals surface area (Å²) in [6, 6.07) is 7.25. The second-order valence-electron chi connectivity index (χ2n) is 6.68. The molecule has 8 nitrogen and oxygen atoms in total. The molecule has 4 rings (SSSR count). The van der Waals surface area contributed by atoms with Gasteiger partial charge >= 0.3 is 5.76 Å². The van der Waals surface area contributed by atoms with Gasteiger partial charge in [0, 0.05) is 41.6 Å². The van der Waals surface area contributed by atoms with Crippen molar-refractivity contribution >= 4 is 22.4 Å². The molecular weight excluding hydrogens is 366 g/mol. The van der Waals surface area contributed by atoms with Gasteiger partial charge in [0.05, 0.1) is 5.69 Å². The Bertz CT molecular complexity index is 1020. The van der Waals surface area contributed by atoms with Crippen LogP contribution < -0.4 is 11.1 Å². The van der Waals surface area contributed by atoms with Crippen molar-refractivity contribution in [3.8, 4) is 11.4 Å². The molecular formula is C18H19N5O3S. The summed E-state index contributed by atoms with van der Waals surface area (Å²) in [4.78, 5) is 34.2. The minimum atomic E-state index is -0.615. The predicted molar refractivity (Wildman–Crippen MR) is 102 cm³/mol. The highest BCUT2D eigenvalue weighted by atomic mass is 32.1. The highest BCUT2D eigenvalue weighted by molar-refractivity contribution is 7.15. The van der Waals surface area contributed by atoms with Crippen molar-refractivity contribution in [3.05, 3.63) is 51.0 Å². The zero-order valence-electron chi connectivity index (χ0n) is 15.0. The summed E-state index contributed by atoms with van der Waals surface area (Å²) >= 11 is 1.54. The lowest BCUT2D eigenvalue weighted by molar-refractivity contribution is 0.102. The molecule has 0 unspecified atom stereocenters. The van der Waals surface area contributed by atoms with Crippen LogP contribution in [0, 0.1) is 0 Å². The average Bonchev–Trinajstić information content (AvgIpc) is 3.26. The number of fused-ring (bicyclic) bond motifs is 1. The van der Waals surface area contributed by atoms with Gasteiger partial charge in [-0.1, -0.05) is 17.3 Å². The van der Waals surface area contributed by atoms with Crippen LogP contribution in [0.15, 0.2) is 33.6 Å². The molecule has 1 aliphatic rings. The Morgan fingerprint density at radius 1 is 1.33 bits per heavy atom. The Labute approximate surface area is 159 Å². The van der Waals surface area contributed by atoms with E-state index in [1.54, 1.807) is 24.3 Å². The fourth-order valence-electron chi connectivity index (χ4n) is 3.01. The van der Waals surface area contributed by atoms with Crippen molar-refractivity contribution in [1.82, 2.24) is 20.0 Å². The third kappa shape index (κ3) is 3.69. The standard InChI is InChI=1S/C18H19N5O3S/c1-10(2)23-8-7-13-14(9-23)27-17(19-13)21-16(24)12-5-3-11(4-6-12)15-20-18(25)26-22-15/h3-6,10H,7-9H2,1-2H3,(H,19,21,24)(H,20,22,25). The lowest BCUT2D eigenvalue weighted by Crippen LogP contribution is -2.35. The average molecular weight is 385 g/mol. The number of anilines is 1. The largest absolute Gasteiger partial charge is 0.439 e. The summed E-state index contributed by atoms with van der Waals surface area (Å²) in [7, 11) is 0. The van der Waals surface area contributed by atoms with Gasteiger partial charge < -0.3 is 0 Å². The van der Waals surface area contributed by atoms with Gasteiger partial charge in [-0.3, -0.25) is 24.5 Å². The van der Waals surface area contributed by atoms with Gasteiger partial charge in [-0.05, 0) is 26.0 Å². The molecule has 0 spiro atoms. The first-order chi connectivity index (χ1) is 13.0. The van der Waals surface area contributed by atoms with Gasteiger partial charge in [0.2, 0.25) is 0 Å². The number of nitrogens with zero attached hydrogens (tertiary/aromatic N) is 3. The van der Waals surface area contributed by atoms with Crippen LogP contribution in [0.1, 0.15) is 34.8 Å². The summed E-state index contributed by atoms with van der Waals surface area (Å²) in [5, 5.41) is 7.13. The number of carbonyl (C=O) groups is 1. The third-order valence-electron chi connectivity index (χ3n) is 4.57. The molecule has 0 radical (unpaired) electrons. The molecule has 27 heavy (non-hydrogen) atoms. The number of aromatic nitrogens is 3. The van der Waals surface area contributed by atoms with Crippen molar-refractivity contribution in [3.63, 3.8) is 0 Å². The van der Waals surface area contributed by atoms with E-state index in [2.05, 4.69) is 43.7 Å². The van der Waals surface area contributed by atoms with Gasteiger partial charge in [-0.2, -0.15) is 0 Å². The van der Waals surface area contributed by atoms with E-state index in [4.69, 9.17) is 0 Å². The van der Waals surface area contributed by atoms with Crippen molar-refractivity contribution in [2.45, 2.75) is 32.9 Å². The number of rotatable bonds is 4. The number of hydrogen-bond acceptors (Lipinski definition) is 7. The first-order valence-corrected chi connectivity index (χ1v) is 9.51. The minimum Gasteiger partial charge on any atom is -0.298 e. The predicted octanol–water partition coefficient (Wildman–Crippen LogP) is 2.51. The number of thiazole rings is 1. The zero-order valence-corrected chi connectivity index (χ0v) is 15.8. The van der Waals surface area contributed by atoms with Crippen LogP contribution >= 0.6 is 11.3 Å². The molecule has 0 bridgehead atoms. The van der Waals surface area contributed by atoms with Crippen LogP contribution in [0.25, 0.3) is 11.4 Å². The number of H-pyrrole nitrogens is 1. The Hall–Kier alpha value is -2.78. The molecule has 3 heterocycles. The Morgan fingerprint density at radius 3 is 2.78 bits per heavy atom. The molecule has 1 amide bonds. The van der Waals surface area contributed by atoms with E-state index < -0.39 is 5.76 Å². The van der Waals surface area contributed by atoms with Crippen LogP contribution in [-0.2, 0) is 13.0 Å². The lowest BCUT2D eigenvalue weighted by atomic mass is 10.1. The molecule has 1 aromatic carbocycles. The van der Waals surface area contributed by atoms with E-state index in [0.29, 0.717) is 28.1 Å². The number of hydrogen-bond donors (Lipinski definition) is 2. The maximum Gasteiger partial charge on any atom is 0.439 e. The van der Waals surface area contributed by atoms with Crippen LogP contribution in [0.5, 0.6) is 0 Å². The quantitative estimate of drug-likeness (QED) is 0.715. The second-order valence-corrected chi connectivity index (χ2v) is 7.76. The number of aromatic amines is 1. The number of amides is 1. The van der Waals surface area contributed by atoms with Gasteiger partial charge in [0.15, 0.2) is 11.0 Å². The summed E-state index contributed by atoms with van der Waals surface area (Å²) < 4.78 is 4.49. The molecule has 9 heteroatoms. The van der Waals surface area contributed by atoms with E-state index in [1.165, 1.54) is 16.2 Å². The van der Waals surface area contributed by atoms with Gasteiger partial charge in [0.1, 0.15) is 0 Å². The molecule has 0 saturated carbocycles. The van der Waals surface area contributed by atoms with Gasteiger partial charge in [-0.25, -0.2) is 9.78 Å². The molecule has 0 atom stereocenters. The SMILES string of the molecule is CC(C)N1CCc2nc(NC(=O)c3ccc(-c4noc(=O)[nH]4)cc3)sc2C1. The third-order valence-corrected chi connectivity index (χ3v) is 5.57. The Kier molecular flexibility index (Phi) is 4.63. The van der Waals surface area contributed by atoms with E-state index in [0.717, 1.165) is 25.2 Å². The summed E-state index contributed by atoms with van der Waals surface area (Å²) in [5.41, 5.74) is 2.25. The first kappa shape index (κ1) is 17.6. The monoisotopic (exact) mass is 385 g/mol. The Morgan fingerprint density at radius 2 is 2.11 bits per heavy atom. The second kappa shape index (κ2) is 7.09.